The Labute approximate surface area is 141 Å². The van der Waals surface area contributed by atoms with Crippen molar-refractivity contribution in [1.29, 1.82) is 0 Å². The average Bonchev–Trinajstić information content (AvgIpc) is 2.74. The predicted octanol–water partition coefficient (Wildman–Crippen LogP) is 4.48. The fraction of sp³-hybridized carbons (Fsp3) is 0.467. The molecule has 1 aliphatic carbocycles. The van der Waals surface area contributed by atoms with Gasteiger partial charge in [-0.2, -0.15) is 0 Å². The van der Waals surface area contributed by atoms with E-state index < -0.39 is 0 Å². The van der Waals surface area contributed by atoms with Gasteiger partial charge in [0.15, 0.2) is 6.54 Å². The zero-order chi connectivity index (χ0) is 15.8. The Balaban J connectivity index is 2.18. The van der Waals surface area contributed by atoms with Crippen LogP contribution in [-0.4, -0.2) is 9.49 Å². The summed E-state index contributed by atoms with van der Waals surface area (Å²) in [7, 11) is 0. The molecule has 1 aliphatic rings. The molecule has 0 aliphatic heterocycles. The van der Waals surface area contributed by atoms with Crippen LogP contribution in [0.4, 0.5) is 5.82 Å². The number of halogens is 2. The van der Waals surface area contributed by atoms with Gasteiger partial charge in [0.1, 0.15) is 0 Å². The zero-order valence-electron chi connectivity index (χ0n) is 11.8. The molecule has 0 N–H and O–H groups in total. The number of hydrogen-bond acceptors (Lipinski definition) is 2. The molecule has 0 radical (unpaired) electrons. The van der Waals surface area contributed by atoms with Crippen LogP contribution in [0.5, 0.6) is 0 Å². The Morgan fingerprint density at radius 3 is 2.81 bits per heavy atom. The molecule has 4 nitrogen and oxygen atoms in total. The van der Waals surface area contributed by atoms with Gasteiger partial charge in [0.2, 0.25) is 0 Å². The van der Waals surface area contributed by atoms with Crippen molar-refractivity contribution in [3.8, 4) is 12.3 Å². The van der Waals surface area contributed by atoms with Crippen LogP contribution in [0.3, 0.4) is 0 Å². The highest BCUT2D eigenvalue weighted by Crippen LogP contribution is 2.61. The summed E-state index contributed by atoms with van der Waals surface area (Å²) in [5.41, 5.74) is 1.17. The normalized spacial score (nSPS) is 22.4. The maximum absolute atomic E-state index is 11.0. The minimum absolute atomic E-state index is 0.0650. The van der Waals surface area contributed by atoms with E-state index in [2.05, 4.69) is 57.7 Å². The van der Waals surface area contributed by atoms with Crippen molar-refractivity contribution in [2.75, 3.05) is 0 Å². The molecule has 0 aromatic carbocycles. The van der Waals surface area contributed by atoms with Crippen molar-refractivity contribution in [2.45, 2.75) is 26.8 Å². The number of nitro groups is 1. The Morgan fingerprint density at radius 1 is 1.62 bits per heavy atom. The fourth-order valence-electron chi connectivity index (χ4n) is 2.94. The first kappa shape index (κ1) is 16.3. The second-order valence-corrected chi connectivity index (χ2v) is 8.68. The molecule has 1 fully saturated rings. The summed E-state index contributed by atoms with van der Waals surface area (Å²) in [6.07, 6.45) is 10.0. The maximum atomic E-state index is 11.0. The fourth-order valence-corrected chi connectivity index (χ4v) is 3.51. The van der Waals surface area contributed by atoms with Crippen molar-refractivity contribution in [3.63, 3.8) is 0 Å². The van der Waals surface area contributed by atoms with Gasteiger partial charge in [-0.15, -0.1) is 6.42 Å². The van der Waals surface area contributed by atoms with Gasteiger partial charge in [0, 0.05) is 6.07 Å². The maximum Gasteiger partial charge on any atom is 0.324 e. The molecule has 2 rings (SSSR count). The third kappa shape index (κ3) is 3.41. The Kier molecular flexibility index (Phi) is 4.64. The minimum atomic E-state index is -0.384. The lowest BCUT2D eigenvalue weighted by atomic mass is 10.0. The summed E-state index contributed by atoms with van der Waals surface area (Å²) in [4.78, 5) is 10.7. The quantitative estimate of drug-likeness (QED) is 0.404. The van der Waals surface area contributed by atoms with Crippen LogP contribution < -0.4 is 0 Å². The summed E-state index contributed by atoms with van der Waals surface area (Å²) in [6, 6.07) is 1.63. The van der Waals surface area contributed by atoms with Gasteiger partial charge in [-0.3, -0.25) is 0 Å². The summed E-state index contributed by atoms with van der Waals surface area (Å²) in [6.45, 7) is 4.66. The van der Waals surface area contributed by atoms with Gasteiger partial charge in [0.05, 0.1) is 9.59 Å². The largest absolute Gasteiger partial charge is 0.358 e. The van der Waals surface area contributed by atoms with Gasteiger partial charge in [0.25, 0.3) is 0 Å². The van der Waals surface area contributed by atoms with Gasteiger partial charge in [-0.25, -0.2) is 4.57 Å². The molecular formula is C15H16Br2N2O2. The number of rotatable bonds is 5. The van der Waals surface area contributed by atoms with Gasteiger partial charge >= 0.3 is 5.82 Å². The van der Waals surface area contributed by atoms with E-state index in [9.17, 15) is 10.1 Å². The SMILES string of the molecule is C#CCn1cc(C[C@@H]2[C@H](C=C(Br)Br)C2(C)C)cc1[N+](=O)[O-]. The summed E-state index contributed by atoms with van der Waals surface area (Å²) < 4.78 is 2.47. The lowest BCUT2D eigenvalue weighted by Gasteiger charge is -1.99. The molecule has 1 aromatic heterocycles. The van der Waals surface area contributed by atoms with E-state index in [1.807, 2.05) is 0 Å². The van der Waals surface area contributed by atoms with E-state index >= 15 is 0 Å². The monoisotopic (exact) mass is 414 g/mol. The number of nitrogens with zero attached hydrogens (tertiary/aromatic N) is 2. The Bertz CT molecular complexity index is 637. The number of terminal acetylenes is 1. The van der Waals surface area contributed by atoms with Crippen LogP contribution >= 0.6 is 31.9 Å². The van der Waals surface area contributed by atoms with Crippen LogP contribution in [-0.2, 0) is 13.0 Å². The van der Waals surface area contributed by atoms with Crippen LogP contribution in [0.1, 0.15) is 19.4 Å². The summed E-state index contributed by atoms with van der Waals surface area (Å²) in [5.74, 6) is 3.45. The highest BCUT2D eigenvalue weighted by atomic mass is 79.9. The number of hydrogen-bond donors (Lipinski definition) is 0. The number of allylic oxidation sites excluding steroid dienone is 1. The van der Waals surface area contributed by atoms with Crippen LogP contribution in [0.25, 0.3) is 0 Å². The van der Waals surface area contributed by atoms with E-state index in [1.165, 1.54) is 4.57 Å². The van der Waals surface area contributed by atoms with E-state index in [-0.39, 0.29) is 22.7 Å². The van der Waals surface area contributed by atoms with E-state index in [4.69, 9.17) is 6.42 Å². The highest BCUT2D eigenvalue weighted by Gasteiger charge is 2.55. The number of aromatic nitrogens is 1. The Hall–Kier alpha value is -1.06. The molecule has 0 bridgehead atoms. The van der Waals surface area contributed by atoms with Crippen LogP contribution in [0.15, 0.2) is 21.7 Å². The molecule has 21 heavy (non-hydrogen) atoms. The molecule has 0 spiro atoms. The molecular weight excluding hydrogens is 400 g/mol. The van der Waals surface area contributed by atoms with Gasteiger partial charge in [-0.05, 0) is 66.0 Å². The van der Waals surface area contributed by atoms with Crippen LogP contribution in [0.2, 0.25) is 0 Å². The lowest BCUT2D eigenvalue weighted by Crippen LogP contribution is -1.99. The topological polar surface area (TPSA) is 48.1 Å². The minimum Gasteiger partial charge on any atom is -0.358 e. The molecule has 6 heteroatoms. The first-order valence-electron chi connectivity index (χ1n) is 6.57. The molecule has 112 valence electrons. The Morgan fingerprint density at radius 2 is 2.29 bits per heavy atom. The average molecular weight is 416 g/mol. The molecule has 2 atom stereocenters. The highest BCUT2D eigenvalue weighted by molar-refractivity contribution is 9.28. The molecule has 1 aromatic rings. The van der Waals surface area contributed by atoms with Crippen molar-refractivity contribution >= 4 is 37.7 Å². The molecule has 0 unspecified atom stereocenters. The third-order valence-corrected chi connectivity index (χ3v) is 4.81. The lowest BCUT2D eigenvalue weighted by molar-refractivity contribution is -0.391. The van der Waals surface area contributed by atoms with Crippen molar-refractivity contribution in [1.82, 2.24) is 4.57 Å². The van der Waals surface area contributed by atoms with E-state index in [0.717, 1.165) is 15.4 Å². The molecule has 1 heterocycles. The first-order valence-corrected chi connectivity index (χ1v) is 8.15. The second kappa shape index (κ2) is 5.98. The smallest absolute Gasteiger partial charge is 0.324 e. The van der Waals surface area contributed by atoms with Crippen molar-refractivity contribution in [2.24, 2.45) is 17.3 Å². The summed E-state index contributed by atoms with van der Waals surface area (Å²) >= 11 is 6.79. The van der Waals surface area contributed by atoms with Gasteiger partial charge < -0.3 is 10.1 Å². The standard InChI is InChI=1S/C15H16Br2N2O2/c1-4-5-18-9-10(7-14(18)19(20)21)6-11-12(8-13(16)17)15(11,2)3/h1,7-9,11-12H,5-6H2,2-3H3/t11-,12+/m1/s1. The van der Waals surface area contributed by atoms with Crippen LogP contribution in [0, 0.1) is 39.7 Å². The molecule has 1 saturated carbocycles. The first-order chi connectivity index (χ1) is 9.77. The molecule has 0 amide bonds. The summed E-state index contributed by atoms with van der Waals surface area (Å²) in [5, 5.41) is 11.0. The van der Waals surface area contributed by atoms with E-state index in [0.29, 0.717) is 11.8 Å². The molecule has 0 saturated heterocycles. The van der Waals surface area contributed by atoms with Crippen molar-refractivity contribution in [3.05, 3.63) is 37.4 Å². The second-order valence-electron chi connectivity index (χ2n) is 5.91. The van der Waals surface area contributed by atoms with Gasteiger partial charge in [-0.1, -0.05) is 25.8 Å². The third-order valence-electron chi connectivity index (χ3n) is 4.28. The van der Waals surface area contributed by atoms with E-state index in [1.54, 1.807) is 12.3 Å². The van der Waals surface area contributed by atoms with Crippen molar-refractivity contribution < 1.29 is 4.92 Å². The predicted molar refractivity (Wildman–Crippen MR) is 90.3 cm³/mol. The zero-order valence-corrected chi connectivity index (χ0v) is 15.0.